The molecule has 4 heteroatoms. The van der Waals surface area contributed by atoms with E-state index in [2.05, 4.69) is 0 Å². The normalized spacial score (nSPS) is 11.4. The SMILES string of the molecule is CC(=O)c1cc(C(C)(C)C)c(O)c(C(=O)O)c1C. The molecule has 0 unspecified atom stereocenters. The van der Waals surface area contributed by atoms with Crippen molar-refractivity contribution < 1.29 is 19.8 Å². The Hall–Kier alpha value is -1.84. The molecule has 0 amide bonds. The van der Waals surface area contributed by atoms with Crippen LogP contribution in [0, 0.1) is 6.92 Å². The van der Waals surface area contributed by atoms with Crippen LogP contribution < -0.4 is 0 Å². The van der Waals surface area contributed by atoms with Gasteiger partial charge in [0.05, 0.1) is 0 Å². The molecule has 0 aromatic heterocycles. The fraction of sp³-hybridized carbons (Fsp3) is 0.429. The summed E-state index contributed by atoms with van der Waals surface area (Å²) in [7, 11) is 0. The second kappa shape index (κ2) is 4.44. The average Bonchev–Trinajstić information content (AvgIpc) is 2.13. The van der Waals surface area contributed by atoms with Gasteiger partial charge in [-0.05, 0) is 30.9 Å². The van der Waals surface area contributed by atoms with Crippen molar-refractivity contribution >= 4 is 11.8 Å². The van der Waals surface area contributed by atoms with Crippen LogP contribution in [-0.4, -0.2) is 22.0 Å². The molecule has 0 bridgehead atoms. The first-order valence-corrected chi connectivity index (χ1v) is 5.68. The van der Waals surface area contributed by atoms with Crippen molar-refractivity contribution in [3.8, 4) is 5.75 Å². The highest BCUT2D eigenvalue weighted by Gasteiger charge is 2.27. The number of carboxylic acid groups (broad SMARTS) is 1. The van der Waals surface area contributed by atoms with Crippen molar-refractivity contribution in [2.45, 2.75) is 40.0 Å². The zero-order valence-electron chi connectivity index (χ0n) is 11.3. The van der Waals surface area contributed by atoms with Crippen LogP contribution in [0.1, 0.15) is 59.5 Å². The summed E-state index contributed by atoms with van der Waals surface area (Å²) in [5.74, 6) is -1.68. The standard InChI is InChI=1S/C14H18O4/c1-7-9(8(2)15)6-10(14(3,4)5)12(16)11(7)13(17)18/h6,16H,1-5H3,(H,17,18). The number of phenols is 1. The fourth-order valence-corrected chi connectivity index (χ4v) is 1.97. The quantitative estimate of drug-likeness (QED) is 0.791. The Morgan fingerprint density at radius 2 is 1.72 bits per heavy atom. The van der Waals surface area contributed by atoms with E-state index >= 15 is 0 Å². The molecule has 0 radical (unpaired) electrons. The van der Waals surface area contributed by atoms with Crippen LogP contribution in [0.3, 0.4) is 0 Å². The van der Waals surface area contributed by atoms with Gasteiger partial charge in [-0.25, -0.2) is 4.79 Å². The topological polar surface area (TPSA) is 74.6 Å². The monoisotopic (exact) mass is 250 g/mol. The highest BCUT2D eigenvalue weighted by molar-refractivity contribution is 6.02. The summed E-state index contributed by atoms with van der Waals surface area (Å²) in [4.78, 5) is 22.8. The minimum Gasteiger partial charge on any atom is -0.507 e. The number of hydrogen-bond donors (Lipinski definition) is 2. The highest BCUT2D eigenvalue weighted by Crippen LogP contribution is 2.36. The Kier molecular flexibility index (Phi) is 3.51. The number of rotatable bonds is 2. The van der Waals surface area contributed by atoms with Gasteiger partial charge in [0.15, 0.2) is 5.78 Å². The molecular formula is C14H18O4. The number of hydrogen-bond acceptors (Lipinski definition) is 3. The lowest BCUT2D eigenvalue weighted by Gasteiger charge is -2.23. The molecule has 1 aromatic rings. The van der Waals surface area contributed by atoms with E-state index in [0.717, 1.165) is 0 Å². The van der Waals surface area contributed by atoms with Gasteiger partial charge in [0.2, 0.25) is 0 Å². The average molecular weight is 250 g/mol. The molecule has 18 heavy (non-hydrogen) atoms. The molecule has 98 valence electrons. The number of aromatic carboxylic acids is 1. The molecule has 2 N–H and O–H groups in total. The molecule has 1 rings (SSSR count). The molecule has 0 aliphatic carbocycles. The van der Waals surface area contributed by atoms with Gasteiger partial charge in [-0.2, -0.15) is 0 Å². The summed E-state index contributed by atoms with van der Waals surface area (Å²) in [5, 5.41) is 19.3. The van der Waals surface area contributed by atoms with Crippen molar-refractivity contribution in [2.75, 3.05) is 0 Å². The predicted octanol–water partition coefficient (Wildman–Crippen LogP) is 2.90. The maximum absolute atomic E-state index is 11.6. The predicted molar refractivity (Wildman–Crippen MR) is 68.5 cm³/mol. The van der Waals surface area contributed by atoms with Crippen molar-refractivity contribution in [3.05, 3.63) is 28.3 Å². The third kappa shape index (κ3) is 2.37. The zero-order chi connectivity index (χ0) is 14.2. The molecule has 0 aliphatic heterocycles. The largest absolute Gasteiger partial charge is 0.507 e. The van der Waals surface area contributed by atoms with Crippen molar-refractivity contribution in [1.82, 2.24) is 0 Å². The second-order valence-corrected chi connectivity index (χ2v) is 5.43. The number of carbonyl (C=O) groups is 2. The first-order valence-electron chi connectivity index (χ1n) is 5.68. The third-order valence-corrected chi connectivity index (χ3v) is 2.96. The minimum absolute atomic E-state index is 0.187. The second-order valence-electron chi connectivity index (χ2n) is 5.43. The molecule has 0 spiro atoms. The number of benzene rings is 1. The summed E-state index contributed by atoms with van der Waals surface area (Å²) in [6, 6.07) is 1.58. The zero-order valence-corrected chi connectivity index (χ0v) is 11.3. The summed E-state index contributed by atoms with van der Waals surface area (Å²) < 4.78 is 0. The van der Waals surface area contributed by atoms with Crippen molar-refractivity contribution in [3.63, 3.8) is 0 Å². The lowest BCUT2D eigenvalue weighted by Crippen LogP contribution is -2.16. The number of carboxylic acids is 1. The molecule has 1 aromatic carbocycles. The van der Waals surface area contributed by atoms with Crippen LogP contribution >= 0.6 is 0 Å². The maximum atomic E-state index is 11.6. The molecule has 0 saturated carbocycles. The molecule has 0 heterocycles. The van der Waals surface area contributed by atoms with Gasteiger partial charge in [-0.3, -0.25) is 4.79 Å². The van der Waals surface area contributed by atoms with E-state index in [1.54, 1.807) is 6.07 Å². The van der Waals surface area contributed by atoms with E-state index in [-0.39, 0.29) is 17.1 Å². The Morgan fingerprint density at radius 1 is 1.22 bits per heavy atom. The van der Waals surface area contributed by atoms with Crippen LogP contribution in [0.25, 0.3) is 0 Å². The van der Waals surface area contributed by atoms with Gasteiger partial charge in [-0.1, -0.05) is 20.8 Å². The van der Waals surface area contributed by atoms with Gasteiger partial charge in [0.25, 0.3) is 0 Å². The summed E-state index contributed by atoms with van der Waals surface area (Å²) in [6.45, 7) is 8.48. The summed E-state index contributed by atoms with van der Waals surface area (Å²) >= 11 is 0. The number of carbonyl (C=O) groups excluding carboxylic acids is 1. The molecule has 0 aliphatic rings. The van der Waals surface area contributed by atoms with Gasteiger partial charge in [0, 0.05) is 11.1 Å². The van der Waals surface area contributed by atoms with Crippen molar-refractivity contribution in [1.29, 1.82) is 0 Å². The first kappa shape index (κ1) is 14.2. The lowest BCUT2D eigenvalue weighted by atomic mass is 9.82. The van der Waals surface area contributed by atoms with E-state index < -0.39 is 11.4 Å². The van der Waals surface area contributed by atoms with Gasteiger partial charge >= 0.3 is 5.97 Å². The van der Waals surface area contributed by atoms with Crippen LogP contribution in [0.5, 0.6) is 5.75 Å². The Morgan fingerprint density at radius 3 is 2.06 bits per heavy atom. The van der Waals surface area contributed by atoms with E-state index in [9.17, 15) is 19.8 Å². The van der Waals surface area contributed by atoms with Crippen LogP contribution in [-0.2, 0) is 5.41 Å². The van der Waals surface area contributed by atoms with Gasteiger partial charge < -0.3 is 10.2 Å². The van der Waals surface area contributed by atoms with E-state index in [4.69, 9.17) is 0 Å². The Bertz CT molecular complexity index is 522. The number of aromatic hydroxyl groups is 1. The van der Waals surface area contributed by atoms with Crippen LogP contribution in [0.2, 0.25) is 0 Å². The van der Waals surface area contributed by atoms with Gasteiger partial charge in [0.1, 0.15) is 11.3 Å². The first-order chi connectivity index (χ1) is 8.07. The van der Waals surface area contributed by atoms with Crippen molar-refractivity contribution in [2.24, 2.45) is 0 Å². The Labute approximate surface area is 106 Å². The smallest absolute Gasteiger partial charge is 0.339 e. The molecule has 0 atom stereocenters. The van der Waals surface area contributed by atoms with E-state index in [0.29, 0.717) is 16.7 Å². The van der Waals surface area contributed by atoms with E-state index in [1.807, 2.05) is 20.8 Å². The number of ketones is 1. The molecule has 4 nitrogen and oxygen atoms in total. The van der Waals surface area contributed by atoms with Gasteiger partial charge in [-0.15, -0.1) is 0 Å². The highest BCUT2D eigenvalue weighted by atomic mass is 16.4. The van der Waals surface area contributed by atoms with E-state index in [1.165, 1.54) is 13.8 Å². The number of Topliss-reactive ketones (excluding diaryl/α,β-unsaturated/α-hetero) is 1. The molecule has 0 fully saturated rings. The maximum Gasteiger partial charge on any atom is 0.339 e. The summed E-state index contributed by atoms with van der Waals surface area (Å²) in [6.07, 6.45) is 0. The third-order valence-electron chi connectivity index (χ3n) is 2.96. The molecular weight excluding hydrogens is 232 g/mol. The minimum atomic E-state index is -1.22. The lowest BCUT2D eigenvalue weighted by molar-refractivity contribution is 0.0692. The molecule has 0 saturated heterocycles. The summed E-state index contributed by atoms with van der Waals surface area (Å²) in [5.41, 5.74) is 0.491. The Balaban J connectivity index is 3.78. The fourth-order valence-electron chi connectivity index (χ4n) is 1.97. The van der Waals surface area contributed by atoms with Crippen LogP contribution in [0.4, 0.5) is 0 Å². The van der Waals surface area contributed by atoms with Crippen LogP contribution in [0.15, 0.2) is 6.07 Å².